The minimum atomic E-state index is -0.498. The molecule has 1 aromatic rings. The molecular weight excluding hydrogens is 428 g/mol. The van der Waals surface area contributed by atoms with E-state index in [0.717, 1.165) is 68.5 Å². The van der Waals surface area contributed by atoms with E-state index in [2.05, 4.69) is 27.4 Å². The molecule has 9 heteroatoms. The molecule has 1 atom stereocenters. The second kappa shape index (κ2) is 9.58. The topological polar surface area (TPSA) is 62.5 Å². The van der Waals surface area contributed by atoms with Crippen LogP contribution in [0.5, 0.6) is 0 Å². The van der Waals surface area contributed by atoms with Crippen molar-refractivity contribution in [3.63, 3.8) is 0 Å². The van der Waals surface area contributed by atoms with Crippen LogP contribution in [0, 0.1) is 0 Å². The Kier molecular flexibility index (Phi) is 6.81. The summed E-state index contributed by atoms with van der Waals surface area (Å²) in [5, 5.41) is 0.751. The summed E-state index contributed by atoms with van der Waals surface area (Å²) < 4.78 is 2.12. The quantitative estimate of drug-likeness (QED) is 0.464. The standard InChI is InChI=1S/C23H32ClN6O2/c1-4-5-6-10-30-19(25-21-20(30)22(31)27(3)23(32)26(21)2)16-28-11-13-29(14-12-28)18-9-7-8-17(24)15-18/h7-9,15,20H,4-6,10-14,16H2,1-3H3/q+1. The third-order valence-corrected chi connectivity index (χ3v) is 6.76. The SMILES string of the molecule is CCCCC[N+]1=C(CN2CCN(c3cccc(Cl)c3)CC2)N=C2C1C(=O)N(C)C(=O)N2C. The van der Waals surface area contributed by atoms with Gasteiger partial charge in [0.05, 0.1) is 6.54 Å². The maximum atomic E-state index is 13.0. The van der Waals surface area contributed by atoms with Gasteiger partial charge >= 0.3 is 11.9 Å². The number of likely N-dealkylation sites (N-methyl/N-ethyl adjacent to an activating group) is 2. The molecule has 0 radical (unpaired) electrons. The van der Waals surface area contributed by atoms with Crippen LogP contribution in [0.15, 0.2) is 29.3 Å². The molecule has 8 nitrogen and oxygen atoms in total. The largest absolute Gasteiger partial charge is 0.369 e. The van der Waals surface area contributed by atoms with Crippen molar-refractivity contribution >= 4 is 40.9 Å². The fourth-order valence-corrected chi connectivity index (χ4v) is 4.79. The van der Waals surface area contributed by atoms with Crippen LogP contribution in [0.2, 0.25) is 5.02 Å². The molecule has 2 fully saturated rings. The second-order valence-corrected chi connectivity index (χ2v) is 9.11. The third kappa shape index (κ3) is 4.38. The average molecular weight is 460 g/mol. The number of urea groups is 1. The monoisotopic (exact) mass is 459 g/mol. The molecule has 0 N–H and O–H groups in total. The van der Waals surface area contributed by atoms with Crippen molar-refractivity contribution in [3.05, 3.63) is 29.3 Å². The summed E-state index contributed by atoms with van der Waals surface area (Å²) in [6, 6.07) is 7.15. The predicted octanol–water partition coefficient (Wildman–Crippen LogP) is 2.37. The first kappa shape index (κ1) is 22.7. The molecule has 3 aliphatic rings. The highest BCUT2D eigenvalue weighted by atomic mass is 35.5. The Morgan fingerprint density at radius 2 is 1.84 bits per heavy atom. The highest BCUT2D eigenvalue weighted by molar-refractivity contribution is 6.30. The van der Waals surface area contributed by atoms with Crippen molar-refractivity contribution in [2.24, 2.45) is 4.99 Å². The number of unbranched alkanes of at least 4 members (excludes halogenated alkanes) is 2. The number of carbonyl (C=O) groups is 2. The lowest BCUT2D eigenvalue weighted by Crippen LogP contribution is -2.61. The second-order valence-electron chi connectivity index (χ2n) is 8.67. The number of imide groups is 1. The van der Waals surface area contributed by atoms with E-state index in [9.17, 15) is 9.59 Å². The summed E-state index contributed by atoms with van der Waals surface area (Å²) in [6.07, 6.45) is 3.21. The molecule has 1 aromatic carbocycles. The molecule has 0 spiro atoms. The lowest BCUT2D eigenvalue weighted by atomic mass is 10.1. The number of hydrogen-bond donors (Lipinski definition) is 0. The van der Waals surface area contributed by atoms with Gasteiger partial charge in [-0.2, -0.15) is 0 Å². The Bertz CT molecular complexity index is 954. The van der Waals surface area contributed by atoms with Gasteiger partial charge in [-0.15, -0.1) is 0 Å². The number of hydrogen-bond acceptors (Lipinski definition) is 5. The number of benzene rings is 1. The molecular formula is C23H32ClN6O2+. The van der Waals surface area contributed by atoms with Gasteiger partial charge in [0.1, 0.15) is 6.54 Å². The molecule has 3 heterocycles. The normalized spacial score (nSPS) is 22.1. The summed E-state index contributed by atoms with van der Waals surface area (Å²) >= 11 is 6.16. The molecule has 3 aliphatic heterocycles. The Morgan fingerprint density at radius 3 is 2.53 bits per heavy atom. The number of fused-ring (bicyclic) bond motifs is 1. The molecule has 3 amide bonds. The number of amides is 3. The van der Waals surface area contributed by atoms with Crippen molar-refractivity contribution in [1.29, 1.82) is 0 Å². The molecule has 2 saturated heterocycles. The van der Waals surface area contributed by atoms with Crippen molar-refractivity contribution in [2.45, 2.75) is 32.2 Å². The zero-order chi connectivity index (χ0) is 22.8. The minimum Gasteiger partial charge on any atom is -0.369 e. The summed E-state index contributed by atoms with van der Waals surface area (Å²) in [7, 11) is 3.25. The summed E-state index contributed by atoms with van der Waals surface area (Å²) in [4.78, 5) is 37.7. The first-order valence-corrected chi connectivity index (χ1v) is 11.8. The maximum absolute atomic E-state index is 13.0. The van der Waals surface area contributed by atoms with Crippen molar-refractivity contribution in [2.75, 3.05) is 58.3 Å². The van der Waals surface area contributed by atoms with Crippen LogP contribution in [-0.2, 0) is 4.79 Å². The van der Waals surface area contributed by atoms with Gasteiger partial charge in [0.25, 0.3) is 17.8 Å². The smallest absolute Gasteiger partial charge is 0.333 e. The zero-order valence-corrected chi connectivity index (χ0v) is 19.9. The van der Waals surface area contributed by atoms with Crippen LogP contribution in [0.4, 0.5) is 10.5 Å². The third-order valence-electron chi connectivity index (χ3n) is 6.53. The first-order valence-electron chi connectivity index (χ1n) is 11.4. The van der Waals surface area contributed by atoms with Crippen LogP contribution in [0.25, 0.3) is 0 Å². The van der Waals surface area contributed by atoms with Crippen LogP contribution < -0.4 is 4.90 Å². The van der Waals surface area contributed by atoms with Crippen molar-refractivity contribution in [3.8, 4) is 0 Å². The van der Waals surface area contributed by atoms with E-state index in [1.165, 1.54) is 9.80 Å². The van der Waals surface area contributed by atoms with Gasteiger partial charge in [0, 0.05) is 51.0 Å². The zero-order valence-electron chi connectivity index (χ0n) is 19.1. The highest BCUT2D eigenvalue weighted by Gasteiger charge is 2.52. The van der Waals surface area contributed by atoms with E-state index < -0.39 is 6.04 Å². The van der Waals surface area contributed by atoms with Gasteiger partial charge in [-0.05, 0) is 36.0 Å². The predicted molar refractivity (Wildman–Crippen MR) is 127 cm³/mol. The van der Waals surface area contributed by atoms with E-state index in [1.54, 1.807) is 14.1 Å². The Labute approximate surface area is 194 Å². The minimum absolute atomic E-state index is 0.191. The fraction of sp³-hybridized carbons (Fsp3) is 0.565. The average Bonchev–Trinajstić information content (AvgIpc) is 3.15. The van der Waals surface area contributed by atoms with E-state index in [1.807, 2.05) is 18.2 Å². The number of nitrogens with zero attached hydrogens (tertiary/aromatic N) is 6. The van der Waals surface area contributed by atoms with Crippen LogP contribution >= 0.6 is 11.6 Å². The van der Waals surface area contributed by atoms with Crippen molar-refractivity contribution < 1.29 is 14.2 Å². The van der Waals surface area contributed by atoms with Gasteiger partial charge in [0.2, 0.25) is 0 Å². The van der Waals surface area contributed by atoms with Crippen molar-refractivity contribution in [1.82, 2.24) is 14.7 Å². The van der Waals surface area contributed by atoms with Gasteiger partial charge in [-0.1, -0.05) is 31.0 Å². The molecule has 172 valence electrons. The molecule has 32 heavy (non-hydrogen) atoms. The lowest BCUT2D eigenvalue weighted by molar-refractivity contribution is -0.537. The number of amidine groups is 2. The summed E-state index contributed by atoms with van der Waals surface area (Å²) in [5.74, 6) is 1.26. The number of anilines is 1. The number of piperazine rings is 1. The number of carbonyl (C=O) groups excluding carboxylic acids is 2. The Balaban J connectivity index is 1.49. The van der Waals surface area contributed by atoms with Gasteiger partial charge < -0.3 is 4.90 Å². The van der Waals surface area contributed by atoms with E-state index >= 15 is 0 Å². The summed E-state index contributed by atoms with van der Waals surface area (Å²) in [6.45, 7) is 7.22. The van der Waals surface area contributed by atoms with Gasteiger partial charge in [-0.3, -0.25) is 19.5 Å². The van der Waals surface area contributed by atoms with E-state index in [4.69, 9.17) is 16.6 Å². The highest BCUT2D eigenvalue weighted by Crippen LogP contribution is 2.22. The molecule has 1 unspecified atom stereocenters. The van der Waals surface area contributed by atoms with E-state index in [0.29, 0.717) is 12.4 Å². The van der Waals surface area contributed by atoms with Gasteiger partial charge in [-0.25, -0.2) is 9.37 Å². The molecule has 0 aromatic heterocycles. The Hall–Kier alpha value is -2.45. The lowest BCUT2D eigenvalue weighted by Gasteiger charge is -2.35. The maximum Gasteiger partial charge on any atom is 0.333 e. The molecule has 0 bridgehead atoms. The van der Waals surface area contributed by atoms with E-state index in [-0.39, 0.29) is 11.9 Å². The van der Waals surface area contributed by atoms with Crippen LogP contribution in [0.1, 0.15) is 26.2 Å². The molecule has 0 saturated carbocycles. The number of aliphatic imine (C=N–C) groups is 1. The molecule has 0 aliphatic carbocycles. The van der Waals surface area contributed by atoms with Gasteiger partial charge in [0.15, 0.2) is 0 Å². The first-order chi connectivity index (χ1) is 15.4. The Morgan fingerprint density at radius 1 is 1.09 bits per heavy atom. The van der Waals surface area contributed by atoms with Crippen LogP contribution in [-0.4, -0.2) is 102 Å². The fourth-order valence-electron chi connectivity index (χ4n) is 4.60. The number of rotatable bonds is 7. The molecule has 4 rings (SSSR count). The van der Waals surface area contributed by atoms with Crippen LogP contribution in [0.3, 0.4) is 0 Å². The summed E-state index contributed by atoms with van der Waals surface area (Å²) in [5.41, 5.74) is 1.15. The number of halogens is 1.